The number of nitrogens with two attached hydrogens (primary N) is 2. The van der Waals surface area contributed by atoms with Gasteiger partial charge in [0.2, 0.25) is 0 Å². The lowest BCUT2D eigenvalue weighted by Crippen LogP contribution is -2.33. The third kappa shape index (κ3) is 2.86. The van der Waals surface area contributed by atoms with E-state index in [4.69, 9.17) is 11.5 Å². The molecule has 4 N–H and O–H groups in total. The number of benzene rings is 1. The lowest BCUT2D eigenvalue weighted by atomic mass is 10.0. The quantitative estimate of drug-likeness (QED) is 0.485. The Balaban J connectivity index is 2.92. The molecule has 2 rings (SSSR count). The molecule has 24 heavy (non-hydrogen) atoms. The van der Waals surface area contributed by atoms with Gasteiger partial charge in [-0.3, -0.25) is 20.2 Å². The second kappa shape index (κ2) is 6.02. The molecule has 1 aliphatic rings. The van der Waals surface area contributed by atoms with Gasteiger partial charge in [-0.1, -0.05) is 0 Å². The van der Waals surface area contributed by atoms with Crippen LogP contribution >= 0.6 is 0 Å². The summed E-state index contributed by atoms with van der Waals surface area (Å²) >= 11 is 0. The van der Waals surface area contributed by atoms with Crippen LogP contribution in [0.3, 0.4) is 0 Å². The summed E-state index contributed by atoms with van der Waals surface area (Å²) in [6, 6.07) is 0. The first-order valence-electron chi connectivity index (χ1n) is 6.93. The first-order chi connectivity index (χ1) is 11.1. The number of nitro groups is 2. The number of rotatable bonds is 3. The Bertz CT molecular complexity index is 701. The maximum Gasteiger partial charge on any atom is 0.420 e. The molecule has 1 aliphatic heterocycles. The van der Waals surface area contributed by atoms with Gasteiger partial charge in [0.05, 0.1) is 9.85 Å². The van der Waals surface area contributed by atoms with E-state index >= 15 is 0 Å². The lowest BCUT2D eigenvalue weighted by molar-refractivity contribution is -0.391. The first kappa shape index (κ1) is 17.6. The zero-order valence-corrected chi connectivity index (χ0v) is 12.3. The highest BCUT2D eigenvalue weighted by Gasteiger charge is 2.47. The minimum atomic E-state index is -5.11. The Hall–Kier alpha value is -2.79. The van der Waals surface area contributed by atoms with Gasteiger partial charge in [-0.25, -0.2) is 0 Å². The molecule has 1 saturated heterocycles. The number of piperidine rings is 1. The molecular weight excluding hydrogens is 335 g/mol. The maximum absolute atomic E-state index is 13.5. The molecule has 0 amide bonds. The Labute approximate surface area is 133 Å². The fraction of sp³-hybridized carbons (Fsp3) is 0.500. The van der Waals surface area contributed by atoms with Gasteiger partial charge < -0.3 is 16.4 Å². The van der Waals surface area contributed by atoms with E-state index in [1.165, 1.54) is 4.90 Å². The van der Waals surface area contributed by atoms with Crippen LogP contribution in [0.1, 0.15) is 24.8 Å². The van der Waals surface area contributed by atoms with Gasteiger partial charge >= 0.3 is 17.6 Å². The minimum Gasteiger partial charge on any atom is -0.393 e. The molecule has 1 heterocycles. The number of halogens is 3. The maximum atomic E-state index is 13.5. The minimum absolute atomic E-state index is 0.139. The summed E-state index contributed by atoms with van der Waals surface area (Å²) in [4.78, 5) is 21.1. The van der Waals surface area contributed by atoms with Crippen molar-refractivity contribution < 1.29 is 23.0 Å². The average molecular weight is 349 g/mol. The Morgan fingerprint density at radius 3 is 1.83 bits per heavy atom. The van der Waals surface area contributed by atoms with E-state index in [2.05, 4.69) is 0 Å². The summed E-state index contributed by atoms with van der Waals surface area (Å²) in [7, 11) is 0. The standard InChI is InChI=1S/C12H14F3N5O4/c13-12(14,15)6-7(16)10(19(21)22)8(17)11(20(23)24)9(6)18-4-2-1-3-5-18/h1-5,16-17H2. The Morgan fingerprint density at radius 2 is 1.42 bits per heavy atom. The predicted molar refractivity (Wildman–Crippen MR) is 79.6 cm³/mol. The molecule has 0 radical (unpaired) electrons. The van der Waals surface area contributed by atoms with Crippen molar-refractivity contribution >= 4 is 28.4 Å². The van der Waals surface area contributed by atoms with E-state index in [9.17, 15) is 33.4 Å². The molecule has 0 aromatic heterocycles. The van der Waals surface area contributed by atoms with Gasteiger partial charge in [0, 0.05) is 13.1 Å². The topological polar surface area (TPSA) is 142 Å². The molecule has 0 atom stereocenters. The van der Waals surface area contributed by atoms with Gasteiger partial charge in [-0.05, 0) is 19.3 Å². The van der Waals surface area contributed by atoms with Crippen molar-refractivity contribution in [2.75, 3.05) is 29.5 Å². The van der Waals surface area contributed by atoms with E-state index in [1.54, 1.807) is 0 Å². The summed E-state index contributed by atoms with van der Waals surface area (Å²) in [5, 5.41) is 22.3. The zero-order valence-electron chi connectivity index (χ0n) is 12.3. The molecule has 0 bridgehead atoms. The van der Waals surface area contributed by atoms with Crippen molar-refractivity contribution in [2.45, 2.75) is 25.4 Å². The number of nitrogens with zero attached hydrogens (tertiary/aromatic N) is 3. The number of nitrogen functional groups attached to an aromatic ring is 2. The number of nitro benzene ring substituents is 2. The Kier molecular flexibility index (Phi) is 4.40. The van der Waals surface area contributed by atoms with Crippen LogP contribution in [0.25, 0.3) is 0 Å². The summed E-state index contributed by atoms with van der Waals surface area (Å²) in [6.07, 6.45) is -3.28. The molecule has 132 valence electrons. The molecule has 0 spiro atoms. The largest absolute Gasteiger partial charge is 0.420 e. The smallest absolute Gasteiger partial charge is 0.393 e. The van der Waals surface area contributed by atoms with E-state index < -0.39 is 50.0 Å². The van der Waals surface area contributed by atoms with Crippen LogP contribution in [0.15, 0.2) is 0 Å². The van der Waals surface area contributed by atoms with Crippen LogP contribution < -0.4 is 16.4 Å². The summed E-state index contributed by atoms with van der Waals surface area (Å²) in [5.41, 5.74) is 3.80. The number of hydrogen-bond acceptors (Lipinski definition) is 7. The molecule has 12 heteroatoms. The SMILES string of the molecule is Nc1c([N+](=O)[O-])c(N)c(C(F)(F)F)c(N2CCCCC2)c1[N+](=O)[O-]. The highest BCUT2D eigenvalue weighted by atomic mass is 19.4. The van der Waals surface area contributed by atoms with Crippen molar-refractivity contribution in [3.8, 4) is 0 Å². The second-order valence-electron chi connectivity index (χ2n) is 5.31. The number of hydrogen-bond donors (Lipinski definition) is 2. The molecule has 0 unspecified atom stereocenters. The molecule has 1 aromatic carbocycles. The van der Waals surface area contributed by atoms with Crippen molar-refractivity contribution in [2.24, 2.45) is 0 Å². The van der Waals surface area contributed by atoms with Gasteiger partial charge in [0.1, 0.15) is 16.9 Å². The van der Waals surface area contributed by atoms with Crippen molar-refractivity contribution in [3.63, 3.8) is 0 Å². The van der Waals surface area contributed by atoms with Gasteiger partial charge in [-0.15, -0.1) is 0 Å². The molecule has 0 saturated carbocycles. The van der Waals surface area contributed by atoms with E-state index in [0.29, 0.717) is 12.8 Å². The van der Waals surface area contributed by atoms with Crippen LogP contribution in [0.4, 0.5) is 41.6 Å². The molecule has 9 nitrogen and oxygen atoms in total. The van der Waals surface area contributed by atoms with Crippen molar-refractivity contribution in [1.29, 1.82) is 0 Å². The predicted octanol–water partition coefficient (Wildman–Crippen LogP) is 2.68. The zero-order chi connectivity index (χ0) is 18.2. The van der Waals surface area contributed by atoms with Crippen molar-refractivity contribution in [3.05, 3.63) is 25.8 Å². The lowest BCUT2D eigenvalue weighted by Gasteiger charge is -2.31. The van der Waals surface area contributed by atoms with Crippen LogP contribution in [-0.2, 0) is 6.18 Å². The van der Waals surface area contributed by atoms with Crippen LogP contribution in [0.2, 0.25) is 0 Å². The Morgan fingerprint density at radius 1 is 0.917 bits per heavy atom. The van der Waals surface area contributed by atoms with Gasteiger partial charge in [0.25, 0.3) is 0 Å². The molecule has 0 aliphatic carbocycles. The summed E-state index contributed by atoms with van der Waals surface area (Å²) in [5.74, 6) is 0. The van der Waals surface area contributed by atoms with Crippen molar-refractivity contribution in [1.82, 2.24) is 0 Å². The van der Waals surface area contributed by atoms with Crippen LogP contribution in [0, 0.1) is 20.2 Å². The fourth-order valence-corrected chi connectivity index (χ4v) is 2.84. The number of alkyl halides is 3. The highest BCUT2D eigenvalue weighted by Crippen LogP contribution is 2.53. The second-order valence-corrected chi connectivity index (χ2v) is 5.31. The first-order valence-corrected chi connectivity index (χ1v) is 6.93. The van der Waals surface area contributed by atoms with E-state index in [1.807, 2.05) is 0 Å². The fourth-order valence-electron chi connectivity index (χ4n) is 2.84. The van der Waals surface area contributed by atoms with E-state index in [0.717, 1.165) is 6.42 Å². The van der Waals surface area contributed by atoms with Gasteiger partial charge in [0.15, 0.2) is 5.69 Å². The van der Waals surface area contributed by atoms with Crippen LogP contribution in [0.5, 0.6) is 0 Å². The normalized spacial score (nSPS) is 15.4. The molecular formula is C12H14F3N5O4. The average Bonchev–Trinajstić information content (AvgIpc) is 2.45. The summed E-state index contributed by atoms with van der Waals surface area (Å²) < 4.78 is 40.5. The highest BCUT2D eigenvalue weighted by molar-refractivity contribution is 5.93. The third-order valence-electron chi connectivity index (χ3n) is 3.82. The van der Waals surface area contributed by atoms with Gasteiger partial charge in [-0.2, -0.15) is 13.2 Å². The molecule has 1 aromatic rings. The number of anilines is 3. The third-order valence-corrected chi connectivity index (χ3v) is 3.82. The van der Waals surface area contributed by atoms with Crippen LogP contribution in [-0.4, -0.2) is 22.9 Å². The molecule has 1 fully saturated rings. The monoisotopic (exact) mass is 349 g/mol. The van der Waals surface area contributed by atoms with E-state index in [-0.39, 0.29) is 13.1 Å². The summed E-state index contributed by atoms with van der Waals surface area (Å²) in [6.45, 7) is 0.279.